The Bertz CT molecular complexity index is 519. The molecule has 98 valence electrons. The van der Waals surface area contributed by atoms with E-state index >= 15 is 0 Å². The number of allylic oxidation sites excluding steroid dienone is 1. The second-order valence-corrected chi connectivity index (χ2v) is 4.91. The molecule has 1 heterocycles. The largest absolute Gasteiger partial charge is 0.446 e. The summed E-state index contributed by atoms with van der Waals surface area (Å²) in [5.74, 6) is 0.223. The van der Waals surface area contributed by atoms with Gasteiger partial charge in [0.15, 0.2) is 0 Å². The number of rotatable bonds is 3. The van der Waals surface area contributed by atoms with Crippen molar-refractivity contribution in [3.8, 4) is 0 Å². The third kappa shape index (κ3) is 2.52. The number of benzene rings is 1. The van der Waals surface area contributed by atoms with Crippen molar-refractivity contribution in [1.29, 1.82) is 0 Å². The summed E-state index contributed by atoms with van der Waals surface area (Å²) in [7, 11) is 0. The number of carbonyl (C=O) groups is 2. The minimum Gasteiger partial charge on any atom is -0.446 e. The van der Waals surface area contributed by atoms with Crippen LogP contribution in [0, 0.1) is 5.92 Å². The Kier molecular flexibility index (Phi) is 3.07. The van der Waals surface area contributed by atoms with Crippen molar-refractivity contribution < 1.29 is 14.3 Å². The molecule has 0 N–H and O–H groups in total. The van der Waals surface area contributed by atoms with Crippen LogP contribution in [0.2, 0.25) is 0 Å². The molecule has 1 saturated heterocycles. The van der Waals surface area contributed by atoms with Gasteiger partial charge in [0.2, 0.25) is 0 Å². The lowest BCUT2D eigenvalue weighted by Gasteiger charge is -2.18. The zero-order valence-corrected chi connectivity index (χ0v) is 10.5. The summed E-state index contributed by atoms with van der Waals surface area (Å²) in [6.07, 6.45) is 5.10. The summed E-state index contributed by atoms with van der Waals surface area (Å²) in [5, 5.41) is 0. The Hall–Kier alpha value is -2.10. The molecule has 1 atom stereocenters. The van der Waals surface area contributed by atoms with Gasteiger partial charge in [-0.25, -0.2) is 9.69 Å². The van der Waals surface area contributed by atoms with Crippen LogP contribution in [0.4, 0.5) is 4.79 Å². The molecule has 2 amide bonds. The molecule has 0 radical (unpaired) electrons. The zero-order valence-electron chi connectivity index (χ0n) is 10.5. The van der Waals surface area contributed by atoms with E-state index in [0.717, 1.165) is 18.4 Å². The van der Waals surface area contributed by atoms with Gasteiger partial charge in [-0.1, -0.05) is 36.4 Å². The smallest absolute Gasteiger partial charge is 0.417 e. The lowest BCUT2D eigenvalue weighted by Crippen LogP contribution is -2.32. The number of hydrogen-bond donors (Lipinski definition) is 0. The van der Waals surface area contributed by atoms with Crippen molar-refractivity contribution in [2.24, 2.45) is 5.92 Å². The summed E-state index contributed by atoms with van der Waals surface area (Å²) in [6.45, 7) is 0.228. The lowest BCUT2D eigenvalue weighted by molar-refractivity contribution is -0.124. The van der Waals surface area contributed by atoms with Gasteiger partial charge in [-0.15, -0.1) is 0 Å². The van der Waals surface area contributed by atoms with Crippen LogP contribution in [0.1, 0.15) is 24.4 Å². The van der Waals surface area contributed by atoms with Crippen LogP contribution in [0.15, 0.2) is 42.5 Å². The van der Waals surface area contributed by atoms with Gasteiger partial charge in [0.05, 0.1) is 0 Å². The summed E-state index contributed by atoms with van der Waals surface area (Å²) >= 11 is 0. The highest BCUT2D eigenvalue weighted by Gasteiger charge is 2.37. The predicted octanol–water partition coefficient (Wildman–Crippen LogP) is 2.67. The van der Waals surface area contributed by atoms with Crippen molar-refractivity contribution >= 4 is 12.0 Å². The highest BCUT2D eigenvalue weighted by atomic mass is 16.6. The Labute approximate surface area is 111 Å². The molecular formula is C15H15NO3. The quantitative estimate of drug-likeness (QED) is 0.782. The number of hydrogen-bond acceptors (Lipinski definition) is 3. The molecule has 1 aliphatic carbocycles. The van der Waals surface area contributed by atoms with Crippen molar-refractivity contribution in [3.63, 3.8) is 0 Å². The Morgan fingerprint density at radius 2 is 2.00 bits per heavy atom. The van der Waals surface area contributed by atoms with Crippen molar-refractivity contribution in [1.82, 2.24) is 4.90 Å². The monoisotopic (exact) mass is 257 g/mol. The molecule has 1 saturated carbocycles. The standard InChI is InChI=1S/C15H15NO3/c17-14(9-8-11-6-7-11)16-13(10-19-15(16)18)12-4-2-1-3-5-12/h1-5,8-9,11,13H,6-7,10H2/b9-8+. The highest BCUT2D eigenvalue weighted by Crippen LogP contribution is 2.31. The third-order valence-corrected chi connectivity index (χ3v) is 3.43. The third-order valence-electron chi connectivity index (χ3n) is 3.43. The molecule has 19 heavy (non-hydrogen) atoms. The molecule has 2 aliphatic rings. The Morgan fingerprint density at radius 3 is 2.68 bits per heavy atom. The Balaban J connectivity index is 1.80. The topological polar surface area (TPSA) is 46.6 Å². The fourth-order valence-corrected chi connectivity index (χ4v) is 2.17. The van der Waals surface area contributed by atoms with E-state index in [1.165, 1.54) is 11.0 Å². The molecule has 2 fully saturated rings. The lowest BCUT2D eigenvalue weighted by atomic mass is 10.1. The van der Waals surface area contributed by atoms with Crippen LogP contribution in [0.3, 0.4) is 0 Å². The molecule has 0 spiro atoms. The first kappa shape index (κ1) is 12.0. The van der Waals surface area contributed by atoms with E-state index in [2.05, 4.69) is 0 Å². The number of carbonyl (C=O) groups excluding carboxylic acids is 2. The number of imide groups is 1. The van der Waals surface area contributed by atoms with E-state index in [9.17, 15) is 9.59 Å². The fraction of sp³-hybridized carbons (Fsp3) is 0.333. The molecule has 4 heteroatoms. The minimum absolute atomic E-state index is 0.228. The molecule has 1 aromatic carbocycles. The molecule has 1 unspecified atom stereocenters. The summed E-state index contributed by atoms with van der Waals surface area (Å²) < 4.78 is 5.01. The van der Waals surface area contributed by atoms with Gasteiger partial charge in [0.25, 0.3) is 5.91 Å². The maximum absolute atomic E-state index is 12.1. The first-order valence-electron chi connectivity index (χ1n) is 6.49. The maximum Gasteiger partial charge on any atom is 0.417 e. The maximum atomic E-state index is 12.1. The first-order valence-corrected chi connectivity index (χ1v) is 6.49. The van der Waals surface area contributed by atoms with Gasteiger partial charge in [-0.3, -0.25) is 4.79 Å². The fourth-order valence-electron chi connectivity index (χ4n) is 2.17. The molecule has 4 nitrogen and oxygen atoms in total. The molecule has 1 aliphatic heterocycles. The number of cyclic esters (lactones) is 1. The second kappa shape index (κ2) is 4.88. The molecule has 3 rings (SSSR count). The van der Waals surface area contributed by atoms with Gasteiger partial charge in [0, 0.05) is 0 Å². The van der Waals surface area contributed by atoms with E-state index in [4.69, 9.17) is 4.74 Å². The SMILES string of the molecule is O=C(/C=C/C1CC1)N1C(=O)OCC1c1ccccc1. The highest BCUT2D eigenvalue weighted by molar-refractivity contribution is 6.00. The second-order valence-electron chi connectivity index (χ2n) is 4.91. The van der Waals surface area contributed by atoms with Crippen LogP contribution in [0.5, 0.6) is 0 Å². The molecule has 0 aromatic heterocycles. The average molecular weight is 257 g/mol. The molecule has 1 aromatic rings. The zero-order chi connectivity index (χ0) is 13.2. The van der Waals surface area contributed by atoms with Crippen LogP contribution >= 0.6 is 0 Å². The van der Waals surface area contributed by atoms with Crippen LogP contribution in [-0.4, -0.2) is 23.5 Å². The normalized spacial score (nSPS) is 22.8. The van der Waals surface area contributed by atoms with E-state index in [0.29, 0.717) is 5.92 Å². The van der Waals surface area contributed by atoms with Crippen molar-refractivity contribution in [2.45, 2.75) is 18.9 Å². The van der Waals surface area contributed by atoms with Gasteiger partial charge >= 0.3 is 6.09 Å². The van der Waals surface area contributed by atoms with Gasteiger partial charge < -0.3 is 4.74 Å². The van der Waals surface area contributed by atoms with Gasteiger partial charge in [-0.2, -0.15) is 0 Å². The summed E-state index contributed by atoms with van der Waals surface area (Å²) in [4.78, 5) is 25.0. The van der Waals surface area contributed by atoms with Crippen LogP contribution < -0.4 is 0 Å². The van der Waals surface area contributed by atoms with Crippen molar-refractivity contribution in [2.75, 3.05) is 6.61 Å². The van der Waals surface area contributed by atoms with E-state index in [1.54, 1.807) is 0 Å². The summed E-state index contributed by atoms with van der Waals surface area (Å²) in [5.41, 5.74) is 0.918. The first-order chi connectivity index (χ1) is 9.25. The van der Waals surface area contributed by atoms with Gasteiger partial charge in [-0.05, 0) is 30.4 Å². The Morgan fingerprint density at radius 1 is 1.26 bits per heavy atom. The van der Waals surface area contributed by atoms with E-state index < -0.39 is 6.09 Å². The van der Waals surface area contributed by atoms with E-state index in [1.807, 2.05) is 36.4 Å². The summed E-state index contributed by atoms with van der Waals surface area (Å²) in [6, 6.07) is 9.17. The number of amides is 2. The average Bonchev–Trinajstić information content (AvgIpc) is 3.19. The number of ether oxygens (including phenoxy) is 1. The number of nitrogens with zero attached hydrogens (tertiary/aromatic N) is 1. The minimum atomic E-state index is -0.556. The predicted molar refractivity (Wildman–Crippen MR) is 69.2 cm³/mol. The molecular weight excluding hydrogens is 242 g/mol. The van der Waals surface area contributed by atoms with Crippen molar-refractivity contribution in [3.05, 3.63) is 48.0 Å². The van der Waals surface area contributed by atoms with Crippen LogP contribution in [-0.2, 0) is 9.53 Å². The van der Waals surface area contributed by atoms with Crippen LogP contribution in [0.25, 0.3) is 0 Å². The molecule has 0 bridgehead atoms. The van der Waals surface area contributed by atoms with E-state index in [-0.39, 0.29) is 18.6 Å². The van der Waals surface area contributed by atoms with Gasteiger partial charge in [0.1, 0.15) is 12.6 Å².